The molecular weight excluding hydrogens is 569 g/mol. The van der Waals surface area contributed by atoms with Gasteiger partial charge in [-0.1, -0.05) is 85.1 Å². The Hall–Kier alpha value is -0.590. The number of nitrogens with zero attached hydrogens (tertiary/aromatic N) is 1. The van der Waals surface area contributed by atoms with E-state index in [1.54, 1.807) is 0 Å². The fraction of sp³-hybridized carbons (Fsp3) is 0.949. The first-order chi connectivity index (χ1) is 21.5. The Kier molecular flexibility index (Phi) is 14.2. The molecule has 0 aromatic rings. The molecule has 3 aliphatic carbocycles. The van der Waals surface area contributed by atoms with Gasteiger partial charge in [0.1, 0.15) is 0 Å². The van der Waals surface area contributed by atoms with E-state index in [-0.39, 0.29) is 30.3 Å². The van der Waals surface area contributed by atoms with Crippen molar-refractivity contribution in [1.29, 1.82) is 0 Å². The summed E-state index contributed by atoms with van der Waals surface area (Å²) in [6.07, 6.45) is 15.8. The van der Waals surface area contributed by atoms with Crippen molar-refractivity contribution in [2.24, 2.45) is 59.0 Å². The number of nitrogens with two attached hydrogens (primary N) is 1. The van der Waals surface area contributed by atoms with Gasteiger partial charge in [-0.2, -0.15) is 13.2 Å². The number of aliphatic hydroxyl groups is 1. The summed E-state index contributed by atoms with van der Waals surface area (Å²) in [5, 5.41) is 11.6. The van der Waals surface area contributed by atoms with Crippen LogP contribution < -0.4 is 5.73 Å². The highest BCUT2D eigenvalue weighted by Crippen LogP contribution is 2.49. The first-order valence-electron chi connectivity index (χ1n) is 19.3. The number of halogens is 3. The fourth-order valence-corrected chi connectivity index (χ4v) is 10.8. The van der Waals surface area contributed by atoms with Crippen LogP contribution in [0.4, 0.5) is 13.2 Å². The van der Waals surface area contributed by atoms with Gasteiger partial charge in [-0.05, 0) is 118 Å². The summed E-state index contributed by atoms with van der Waals surface area (Å²) in [7, 11) is 0. The quantitative estimate of drug-likeness (QED) is 0.156. The monoisotopic (exact) mass is 639 g/mol. The fourth-order valence-electron chi connectivity index (χ4n) is 10.8. The lowest BCUT2D eigenvalue weighted by molar-refractivity contribution is -0.203. The molecule has 0 aromatic carbocycles. The van der Waals surface area contributed by atoms with E-state index in [0.717, 1.165) is 51.4 Å². The Labute approximate surface area is 274 Å². The third-order valence-corrected chi connectivity index (χ3v) is 13.5. The predicted octanol–water partition coefficient (Wildman–Crippen LogP) is 10.5. The topological polar surface area (TPSA) is 49.5 Å². The van der Waals surface area contributed by atoms with Crippen LogP contribution in [0.5, 0.6) is 0 Å². The molecule has 0 spiro atoms. The summed E-state index contributed by atoms with van der Waals surface area (Å²) in [6.45, 7) is 13.3. The number of aliphatic hydroxyl groups excluding tert-OH is 1. The van der Waals surface area contributed by atoms with Crippen LogP contribution in [-0.4, -0.2) is 40.5 Å². The summed E-state index contributed by atoms with van der Waals surface area (Å²) in [5.74, 6) is 1.23. The molecule has 45 heavy (non-hydrogen) atoms. The van der Waals surface area contributed by atoms with Gasteiger partial charge in [-0.25, -0.2) is 0 Å². The zero-order valence-corrected chi connectivity index (χ0v) is 29.3. The Morgan fingerprint density at radius 3 is 2.38 bits per heavy atom. The maximum atomic E-state index is 14.4. The minimum absolute atomic E-state index is 0.0391. The molecule has 3 nitrogen and oxygen atoms in total. The molecule has 0 bridgehead atoms. The van der Waals surface area contributed by atoms with Gasteiger partial charge >= 0.3 is 6.18 Å². The van der Waals surface area contributed by atoms with E-state index in [0.29, 0.717) is 54.5 Å². The molecule has 6 heteroatoms. The second-order valence-electron chi connectivity index (χ2n) is 16.5. The highest BCUT2D eigenvalue weighted by molar-refractivity contribution is 4.99. The Balaban J connectivity index is 1.38. The van der Waals surface area contributed by atoms with Gasteiger partial charge in [-0.15, -0.1) is 6.58 Å². The summed E-state index contributed by atoms with van der Waals surface area (Å²) < 4.78 is 43.3. The van der Waals surface area contributed by atoms with Crippen LogP contribution in [0, 0.1) is 53.3 Å². The number of rotatable bonds is 13. The molecule has 262 valence electrons. The molecule has 0 amide bonds. The molecule has 3 N–H and O–H groups in total. The van der Waals surface area contributed by atoms with Crippen molar-refractivity contribution in [3.8, 4) is 0 Å². The maximum Gasteiger partial charge on any atom is 0.392 e. The summed E-state index contributed by atoms with van der Waals surface area (Å²) in [5.41, 5.74) is 7.25. The van der Waals surface area contributed by atoms with Crippen LogP contribution in [0.15, 0.2) is 12.7 Å². The Morgan fingerprint density at radius 1 is 0.933 bits per heavy atom. The van der Waals surface area contributed by atoms with Crippen molar-refractivity contribution in [3.63, 3.8) is 0 Å². The van der Waals surface area contributed by atoms with Crippen molar-refractivity contribution in [2.45, 2.75) is 180 Å². The third kappa shape index (κ3) is 9.74. The van der Waals surface area contributed by atoms with E-state index < -0.39 is 18.2 Å². The molecule has 3 saturated carbocycles. The van der Waals surface area contributed by atoms with Gasteiger partial charge in [0, 0.05) is 12.1 Å². The second kappa shape index (κ2) is 17.2. The van der Waals surface area contributed by atoms with Crippen LogP contribution in [0.1, 0.15) is 150 Å². The number of hydrogen-bond acceptors (Lipinski definition) is 3. The van der Waals surface area contributed by atoms with Crippen LogP contribution in [0.25, 0.3) is 0 Å². The van der Waals surface area contributed by atoms with Crippen LogP contribution in [0.2, 0.25) is 0 Å². The zero-order chi connectivity index (χ0) is 32.7. The summed E-state index contributed by atoms with van der Waals surface area (Å²) >= 11 is 0. The molecule has 13 unspecified atom stereocenters. The SMILES string of the molecule is C=CCC1CCC(C(CC)CCC)N1C(N)C1CC(C(O)CC2CCC(CC3CCCC(C)CC3)C(C(F)(F)F)C2)CCC1C. The van der Waals surface area contributed by atoms with Crippen molar-refractivity contribution < 1.29 is 18.3 Å². The highest BCUT2D eigenvalue weighted by atomic mass is 19.4. The van der Waals surface area contributed by atoms with Crippen molar-refractivity contribution in [2.75, 3.05) is 0 Å². The van der Waals surface area contributed by atoms with Crippen molar-refractivity contribution in [3.05, 3.63) is 12.7 Å². The largest absolute Gasteiger partial charge is 0.393 e. The van der Waals surface area contributed by atoms with E-state index in [1.807, 2.05) is 6.08 Å². The normalized spacial score (nSPS) is 39.2. The van der Waals surface area contributed by atoms with Gasteiger partial charge < -0.3 is 10.8 Å². The molecule has 1 saturated heterocycles. The standard InChI is InChI=1S/C39H69F3N2O/c1-6-10-30(8-3)36-21-20-33(11-7-2)44(36)38(43)34-25-32(18-15-27(34)5)37(45)24-29-17-19-31(35(23-29)39(40,41)42)22-28-13-9-12-26(4)14-16-28/h7,26-38,45H,2,6,8-25,43H2,1,3-5H3. The van der Waals surface area contributed by atoms with Gasteiger partial charge in [0.2, 0.25) is 0 Å². The molecule has 0 aromatic heterocycles. The highest BCUT2D eigenvalue weighted by Gasteiger charge is 2.49. The van der Waals surface area contributed by atoms with E-state index >= 15 is 0 Å². The number of hydrogen-bond donors (Lipinski definition) is 2. The van der Waals surface area contributed by atoms with Crippen LogP contribution in [-0.2, 0) is 0 Å². The number of alkyl halides is 3. The summed E-state index contributed by atoms with van der Waals surface area (Å²) in [4.78, 5) is 2.66. The lowest BCUT2D eigenvalue weighted by Gasteiger charge is -2.47. The van der Waals surface area contributed by atoms with E-state index in [2.05, 4.69) is 39.2 Å². The zero-order valence-electron chi connectivity index (χ0n) is 29.3. The van der Waals surface area contributed by atoms with Crippen molar-refractivity contribution in [1.82, 2.24) is 4.90 Å². The molecule has 13 atom stereocenters. The first kappa shape index (κ1) is 37.2. The summed E-state index contributed by atoms with van der Waals surface area (Å²) in [6, 6.07) is 0.935. The smallest absolute Gasteiger partial charge is 0.392 e. The predicted molar refractivity (Wildman–Crippen MR) is 181 cm³/mol. The minimum atomic E-state index is -4.15. The van der Waals surface area contributed by atoms with E-state index in [9.17, 15) is 18.3 Å². The molecule has 4 fully saturated rings. The van der Waals surface area contributed by atoms with Gasteiger partial charge in [0.25, 0.3) is 0 Å². The third-order valence-electron chi connectivity index (χ3n) is 13.5. The van der Waals surface area contributed by atoms with Crippen LogP contribution in [0.3, 0.4) is 0 Å². The molecule has 1 heterocycles. The maximum absolute atomic E-state index is 14.4. The number of likely N-dealkylation sites (tertiary alicyclic amines) is 1. The molecule has 1 aliphatic heterocycles. The molecule has 0 radical (unpaired) electrons. The van der Waals surface area contributed by atoms with Gasteiger partial charge in [-0.3, -0.25) is 4.90 Å². The molecular formula is C39H69F3N2O. The Morgan fingerprint density at radius 2 is 1.69 bits per heavy atom. The van der Waals surface area contributed by atoms with Gasteiger partial charge in [0.05, 0.1) is 18.2 Å². The van der Waals surface area contributed by atoms with E-state index in [1.165, 1.54) is 51.4 Å². The average molecular weight is 639 g/mol. The van der Waals surface area contributed by atoms with Crippen LogP contribution >= 0.6 is 0 Å². The second-order valence-corrected chi connectivity index (χ2v) is 16.5. The first-order valence-corrected chi connectivity index (χ1v) is 19.3. The van der Waals surface area contributed by atoms with Gasteiger partial charge in [0.15, 0.2) is 0 Å². The van der Waals surface area contributed by atoms with E-state index in [4.69, 9.17) is 5.73 Å². The van der Waals surface area contributed by atoms with Crippen molar-refractivity contribution >= 4 is 0 Å². The lowest BCUT2D eigenvalue weighted by atomic mass is 9.66. The minimum Gasteiger partial charge on any atom is -0.393 e. The lowest BCUT2D eigenvalue weighted by Crippen LogP contribution is -2.57. The molecule has 4 rings (SSSR count). The Bertz CT molecular complexity index is 881. The average Bonchev–Trinajstić information content (AvgIpc) is 3.30. The molecule has 4 aliphatic rings.